The number of hydrogen-bond acceptors (Lipinski definition) is 1. The van der Waals surface area contributed by atoms with Gasteiger partial charge in [0.05, 0.1) is 0 Å². The largest absolute Gasteiger partial charge is 0.264 e. The van der Waals surface area contributed by atoms with Gasteiger partial charge in [-0.05, 0) is 72.8 Å². The lowest BCUT2D eigenvalue weighted by Gasteiger charge is -2.18. The van der Waals surface area contributed by atoms with Gasteiger partial charge in [0, 0.05) is 17.8 Å². The molecule has 1 heteroatoms. The van der Waals surface area contributed by atoms with Crippen LogP contribution in [0.4, 0.5) is 0 Å². The number of benzene rings is 6. The van der Waals surface area contributed by atoms with Crippen molar-refractivity contribution in [2.75, 3.05) is 0 Å². The SMILES string of the molecule is c1ccc(-c2ccc(-c3cccc(-c4c5ccccc5c(-c5ccccc5)c5ccncc45)c3)cc2)cc1. The molecular weight excluding hydrogens is 458 g/mol. The lowest BCUT2D eigenvalue weighted by molar-refractivity contribution is 1.37. The molecule has 0 aliphatic heterocycles. The summed E-state index contributed by atoms with van der Waals surface area (Å²) in [6.07, 6.45) is 3.92. The van der Waals surface area contributed by atoms with Gasteiger partial charge in [-0.15, -0.1) is 0 Å². The first kappa shape index (κ1) is 22.2. The summed E-state index contributed by atoms with van der Waals surface area (Å²) >= 11 is 0. The standard InChI is InChI=1S/C37H25N/c1-3-10-26(11-4-1)27-18-20-28(21-19-27)30-14-9-15-31(24-30)37-33-17-8-7-16-32(33)36(29-12-5-2-6-13-29)34-22-23-38-25-35(34)37/h1-25H. The predicted molar refractivity (Wildman–Crippen MR) is 161 cm³/mol. The van der Waals surface area contributed by atoms with Crippen LogP contribution in [-0.2, 0) is 0 Å². The van der Waals surface area contributed by atoms with Gasteiger partial charge >= 0.3 is 0 Å². The van der Waals surface area contributed by atoms with Crippen LogP contribution >= 0.6 is 0 Å². The van der Waals surface area contributed by atoms with Gasteiger partial charge < -0.3 is 0 Å². The summed E-state index contributed by atoms with van der Waals surface area (Å²) in [6.45, 7) is 0. The predicted octanol–water partition coefficient (Wildman–Crippen LogP) is 10.1. The molecule has 0 atom stereocenters. The van der Waals surface area contributed by atoms with Crippen molar-refractivity contribution in [1.29, 1.82) is 0 Å². The second-order valence-corrected chi connectivity index (χ2v) is 9.61. The van der Waals surface area contributed by atoms with Crippen molar-refractivity contribution < 1.29 is 0 Å². The highest BCUT2D eigenvalue weighted by atomic mass is 14.6. The lowest BCUT2D eigenvalue weighted by Crippen LogP contribution is -1.91. The van der Waals surface area contributed by atoms with Gasteiger partial charge in [0.1, 0.15) is 0 Å². The molecule has 0 saturated carbocycles. The molecule has 1 aromatic heterocycles. The van der Waals surface area contributed by atoms with Crippen molar-refractivity contribution >= 4 is 21.5 Å². The maximum Gasteiger partial charge on any atom is 0.0353 e. The van der Waals surface area contributed by atoms with Crippen LogP contribution in [0.5, 0.6) is 0 Å². The molecule has 0 bridgehead atoms. The summed E-state index contributed by atoms with van der Waals surface area (Å²) in [7, 11) is 0. The van der Waals surface area contributed by atoms with Gasteiger partial charge in [-0.2, -0.15) is 0 Å². The molecule has 0 unspecified atom stereocenters. The summed E-state index contributed by atoms with van der Waals surface area (Å²) in [6, 6.07) is 49.9. The Kier molecular flexibility index (Phi) is 5.53. The minimum atomic E-state index is 1.17. The molecule has 0 saturated heterocycles. The molecule has 7 rings (SSSR count). The topological polar surface area (TPSA) is 12.9 Å². The molecule has 0 fully saturated rings. The third-order valence-electron chi connectivity index (χ3n) is 7.36. The molecule has 0 spiro atoms. The van der Waals surface area contributed by atoms with E-state index in [2.05, 4.69) is 145 Å². The van der Waals surface area contributed by atoms with E-state index in [0.29, 0.717) is 0 Å². The monoisotopic (exact) mass is 483 g/mol. The molecule has 7 aromatic rings. The molecule has 178 valence electrons. The normalized spacial score (nSPS) is 11.2. The molecular formula is C37H25N. The maximum atomic E-state index is 4.56. The fourth-order valence-corrected chi connectivity index (χ4v) is 5.59. The van der Waals surface area contributed by atoms with Crippen molar-refractivity contribution in [2.24, 2.45) is 0 Å². The van der Waals surface area contributed by atoms with Gasteiger partial charge in [-0.1, -0.05) is 127 Å². The van der Waals surface area contributed by atoms with E-state index in [1.54, 1.807) is 0 Å². The van der Waals surface area contributed by atoms with Crippen molar-refractivity contribution in [3.05, 3.63) is 152 Å². The molecule has 6 aromatic carbocycles. The highest BCUT2D eigenvalue weighted by Crippen LogP contribution is 2.43. The number of nitrogens with zero attached hydrogens (tertiary/aromatic N) is 1. The Morgan fingerprint density at radius 3 is 1.47 bits per heavy atom. The molecule has 0 radical (unpaired) electrons. The van der Waals surface area contributed by atoms with Gasteiger partial charge in [0.25, 0.3) is 0 Å². The van der Waals surface area contributed by atoms with E-state index in [9.17, 15) is 0 Å². The molecule has 1 heterocycles. The Balaban J connectivity index is 1.42. The van der Waals surface area contributed by atoms with Crippen molar-refractivity contribution in [3.63, 3.8) is 0 Å². The third-order valence-corrected chi connectivity index (χ3v) is 7.36. The number of rotatable bonds is 4. The smallest absolute Gasteiger partial charge is 0.0353 e. The van der Waals surface area contributed by atoms with Crippen molar-refractivity contribution in [3.8, 4) is 44.5 Å². The van der Waals surface area contributed by atoms with E-state index in [1.807, 2.05) is 12.4 Å². The highest BCUT2D eigenvalue weighted by Gasteiger charge is 2.16. The fourth-order valence-electron chi connectivity index (χ4n) is 5.59. The average Bonchev–Trinajstić information content (AvgIpc) is 3.01. The summed E-state index contributed by atoms with van der Waals surface area (Å²) in [5, 5.41) is 4.88. The zero-order chi connectivity index (χ0) is 25.3. The van der Waals surface area contributed by atoms with Crippen LogP contribution in [-0.4, -0.2) is 4.98 Å². The van der Waals surface area contributed by atoms with Crippen LogP contribution in [0.1, 0.15) is 0 Å². The van der Waals surface area contributed by atoms with Gasteiger partial charge in [0.2, 0.25) is 0 Å². The zero-order valence-corrected chi connectivity index (χ0v) is 20.9. The Hall–Kier alpha value is -5.01. The Labute approximate surface area is 222 Å². The summed E-state index contributed by atoms with van der Waals surface area (Å²) < 4.78 is 0. The highest BCUT2D eigenvalue weighted by molar-refractivity contribution is 6.21. The summed E-state index contributed by atoms with van der Waals surface area (Å²) in [5.41, 5.74) is 9.78. The summed E-state index contributed by atoms with van der Waals surface area (Å²) in [5.74, 6) is 0. The molecule has 0 aliphatic rings. The van der Waals surface area contributed by atoms with E-state index >= 15 is 0 Å². The fraction of sp³-hybridized carbons (Fsp3) is 0. The number of fused-ring (bicyclic) bond motifs is 2. The molecule has 0 N–H and O–H groups in total. The zero-order valence-electron chi connectivity index (χ0n) is 20.9. The van der Waals surface area contributed by atoms with Crippen LogP contribution in [0, 0.1) is 0 Å². The minimum Gasteiger partial charge on any atom is -0.264 e. The quantitative estimate of drug-likeness (QED) is 0.227. The lowest BCUT2D eigenvalue weighted by atomic mass is 9.86. The second-order valence-electron chi connectivity index (χ2n) is 9.61. The third kappa shape index (κ3) is 3.86. The molecule has 0 amide bonds. The molecule has 0 aliphatic carbocycles. The van der Waals surface area contributed by atoms with E-state index < -0.39 is 0 Å². The Morgan fingerprint density at radius 1 is 0.316 bits per heavy atom. The van der Waals surface area contributed by atoms with Crippen LogP contribution in [0.15, 0.2) is 152 Å². The van der Waals surface area contributed by atoms with Crippen LogP contribution in [0.2, 0.25) is 0 Å². The van der Waals surface area contributed by atoms with Crippen molar-refractivity contribution in [1.82, 2.24) is 4.98 Å². The van der Waals surface area contributed by atoms with Crippen LogP contribution in [0.3, 0.4) is 0 Å². The molecule has 1 nitrogen and oxygen atoms in total. The number of pyridine rings is 1. The second kappa shape index (κ2) is 9.46. The van der Waals surface area contributed by atoms with E-state index in [1.165, 1.54) is 66.1 Å². The first-order valence-corrected chi connectivity index (χ1v) is 13.0. The van der Waals surface area contributed by atoms with Gasteiger partial charge in [-0.25, -0.2) is 0 Å². The van der Waals surface area contributed by atoms with Gasteiger partial charge in [-0.3, -0.25) is 4.98 Å². The molecule has 38 heavy (non-hydrogen) atoms. The number of hydrogen-bond donors (Lipinski definition) is 0. The van der Waals surface area contributed by atoms with Crippen molar-refractivity contribution in [2.45, 2.75) is 0 Å². The average molecular weight is 484 g/mol. The number of aromatic nitrogens is 1. The van der Waals surface area contributed by atoms with E-state index in [-0.39, 0.29) is 0 Å². The first-order chi connectivity index (χ1) is 18.9. The van der Waals surface area contributed by atoms with E-state index in [4.69, 9.17) is 0 Å². The summed E-state index contributed by atoms with van der Waals surface area (Å²) in [4.78, 5) is 4.56. The maximum absolute atomic E-state index is 4.56. The van der Waals surface area contributed by atoms with Crippen LogP contribution in [0.25, 0.3) is 66.1 Å². The van der Waals surface area contributed by atoms with Crippen LogP contribution < -0.4 is 0 Å². The Bertz CT molecular complexity index is 1830. The Morgan fingerprint density at radius 2 is 0.789 bits per heavy atom. The first-order valence-electron chi connectivity index (χ1n) is 13.0. The van der Waals surface area contributed by atoms with E-state index in [0.717, 1.165) is 0 Å². The van der Waals surface area contributed by atoms with Gasteiger partial charge in [0.15, 0.2) is 0 Å². The minimum absolute atomic E-state index is 1.17.